The van der Waals surface area contributed by atoms with Crippen molar-refractivity contribution in [2.75, 3.05) is 13.1 Å². The zero-order valence-electron chi connectivity index (χ0n) is 49.6. The van der Waals surface area contributed by atoms with Crippen LogP contribution in [0.2, 0.25) is 0 Å². The number of guanidine groups is 2. The number of esters is 2. The van der Waals surface area contributed by atoms with Crippen LogP contribution in [0.15, 0.2) is 94.9 Å². The maximum atomic E-state index is 13.6. The standard InChI is InChI=1S/C30H42N4O6.C18H21NO3.C11H22N4O4.CH4.3ClH/c1-19-14-23(35)15-20(2)24(19)16-22(27(37)39-18-21-10-7-6-8-11-21)17-26(36)25(12-9-13-33-28(31)32)34-29(38)40-30(3,4)5;1-12-8-15(20)9-13(2)16(12)10-17(19)18(21)22-11-14-6-4-3-5-7-14;1-11(2,3)19-10(18)15-7(8(16)17)5-4-6-14-9(12)13;;;;/h6-8,10-11,14-15,22,25,35H,9,12-13,16-18H2,1-5H3,(H,34,38)(H4,31,32,33);3-9,17,20H,10-11,19H2,1-2H3;7H,4-6H2,1-3H3,(H,15,18)(H,16,17)(H4,12,13,14);1H4;3*1H/t22-,25-;17-;7-;;;;/m101..../s1. The van der Waals surface area contributed by atoms with Crippen LogP contribution in [-0.2, 0) is 64.2 Å². The zero-order valence-corrected chi connectivity index (χ0v) is 52.1. The van der Waals surface area contributed by atoms with Gasteiger partial charge in [0.05, 0.1) is 12.0 Å². The van der Waals surface area contributed by atoms with Gasteiger partial charge in [0.25, 0.3) is 0 Å². The Morgan fingerprint density at radius 2 is 0.918 bits per heavy atom. The van der Waals surface area contributed by atoms with E-state index < -0.39 is 65.3 Å². The Hall–Kier alpha value is -7.53. The van der Waals surface area contributed by atoms with Crippen molar-refractivity contribution in [2.24, 2.45) is 44.6 Å². The fourth-order valence-electron chi connectivity index (χ4n) is 7.92. The van der Waals surface area contributed by atoms with Crippen molar-refractivity contribution in [3.05, 3.63) is 129 Å². The molecule has 0 heterocycles. The minimum atomic E-state index is -1.13. The summed E-state index contributed by atoms with van der Waals surface area (Å²) in [5.41, 5.74) is 32.6. The summed E-state index contributed by atoms with van der Waals surface area (Å²) in [5, 5.41) is 33.4. The first-order valence-electron chi connectivity index (χ1n) is 26.4. The smallest absolute Gasteiger partial charge is 0.408 e. The van der Waals surface area contributed by atoms with E-state index >= 15 is 0 Å². The van der Waals surface area contributed by atoms with E-state index in [1.807, 2.05) is 88.4 Å². The molecule has 0 bridgehead atoms. The van der Waals surface area contributed by atoms with E-state index in [0.717, 1.165) is 44.5 Å². The van der Waals surface area contributed by atoms with Gasteiger partial charge in [0.1, 0.15) is 48.0 Å². The molecule has 0 aliphatic carbocycles. The lowest BCUT2D eigenvalue weighted by Crippen LogP contribution is -2.44. The first kappa shape index (κ1) is 81.7. The Labute approximate surface area is 519 Å². The van der Waals surface area contributed by atoms with Crippen molar-refractivity contribution in [2.45, 2.75) is 164 Å². The number of nitrogens with one attached hydrogen (secondary N) is 2. The summed E-state index contributed by atoms with van der Waals surface area (Å²) < 4.78 is 21.2. The van der Waals surface area contributed by atoms with Gasteiger partial charge in [-0.3, -0.25) is 24.4 Å². The Morgan fingerprint density at radius 1 is 0.565 bits per heavy atom. The molecule has 4 atom stereocenters. The second-order valence-electron chi connectivity index (χ2n) is 21.3. The van der Waals surface area contributed by atoms with Gasteiger partial charge < -0.3 is 73.6 Å². The normalized spacial score (nSPS) is 11.8. The van der Waals surface area contributed by atoms with Crippen LogP contribution in [0.1, 0.15) is 126 Å². The lowest BCUT2D eigenvalue weighted by Gasteiger charge is -2.24. The molecule has 4 aromatic rings. The van der Waals surface area contributed by atoms with Crippen molar-refractivity contribution in [1.82, 2.24) is 10.6 Å². The number of nitrogens with two attached hydrogens (primary N) is 5. The number of phenols is 2. The predicted octanol–water partition coefficient (Wildman–Crippen LogP) is 8.36. The lowest BCUT2D eigenvalue weighted by atomic mass is 9.87. The number of hydrogen-bond donors (Lipinski definition) is 10. The first-order chi connectivity index (χ1) is 37.8. The van der Waals surface area contributed by atoms with Crippen LogP contribution < -0.4 is 39.3 Å². The van der Waals surface area contributed by atoms with Gasteiger partial charge in [-0.25, -0.2) is 14.4 Å². The number of aryl methyl sites for hydroxylation is 4. The number of carboxylic acids is 1. The summed E-state index contributed by atoms with van der Waals surface area (Å²) in [4.78, 5) is 81.6. The highest BCUT2D eigenvalue weighted by molar-refractivity contribution is 5.91. The Morgan fingerprint density at radius 3 is 1.28 bits per heavy atom. The Kier molecular flexibility index (Phi) is 39.1. The Balaban J connectivity index is -0.00000127. The molecule has 0 fully saturated rings. The van der Waals surface area contributed by atoms with Gasteiger partial charge >= 0.3 is 30.1 Å². The summed E-state index contributed by atoms with van der Waals surface area (Å²) in [6.45, 7) is 18.6. The van der Waals surface area contributed by atoms with Crippen LogP contribution in [0.4, 0.5) is 9.59 Å². The van der Waals surface area contributed by atoms with Gasteiger partial charge in [-0.15, -0.1) is 37.2 Å². The minimum absolute atomic E-state index is 0. The second-order valence-corrected chi connectivity index (χ2v) is 21.3. The number of hydrogen-bond acceptors (Lipinski definition) is 15. The molecule has 4 aromatic carbocycles. The number of Topliss-reactive ketones (excluding diaryl/α,β-unsaturated/α-hetero) is 1. The number of amides is 2. The van der Waals surface area contributed by atoms with E-state index in [1.165, 1.54) is 0 Å². The van der Waals surface area contributed by atoms with Crippen LogP contribution in [-0.4, -0.2) is 106 Å². The van der Waals surface area contributed by atoms with Gasteiger partial charge in [0.15, 0.2) is 17.7 Å². The number of ether oxygens (including phenoxy) is 4. The fourth-order valence-corrected chi connectivity index (χ4v) is 7.92. The maximum absolute atomic E-state index is 13.6. The number of benzene rings is 4. The molecule has 2 amide bonds. The molecule has 0 unspecified atom stereocenters. The molecule has 25 heteroatoms. The largest absolute Gasteiger partial charge is 0.508 e. The molecule has 15 N–H and O–H groups in total. The third-order valence-corrected chi connectivity index (χ3v) is 11.7. The number of rotatable bonds is 24. The topological polar surface area (TPSA) is 379 Å². The van der Waals surface area contributed by atoms with Crippen LogP contribution >= 0.6 is 37.2 Å². The number of phenolic OH excluding ortho intramolecular Hbond substituents is 2. The van der Waals surface area contributed by atoms with Gasteiger partial charge in [-0.1, -0.05) is 68.1 Å². The average Bonchev–Trinajstić information content (AvgIpc) is 3.53. The predicted molar refractivity (Wildman–Crippen MR) is 338 cm³/mol. The summed E-state index contributed by atoms with van der Waals surface area (Å²) in [6, 6.07) is 22.7. The highest BCUT2D eigenvalue weighted by Gasteiger charge is 2.31. The third kappa shape index (κ3) is 34.8. The third-order valence-electron chi connectivity index (χ3n) is 11.7. The van der Waals surface area contributed by atoms with Gasteiger partial charge in [0.2, 0.25) is 0 Å². The highest BCUT2D eigenvalue weighted by atomic mass is 35.5. The summed E-state index contributed by atoms with van der Waals surface area (Å²) >= 11 is 0. The number of halogens is 3. The minimum Gasteiger partial charge on any atom is -0.508 e. The van der Waals surface area contributed by atoms with E-state index in [1.54, 1.807) is 65.8 Å². The monoisotopic (exact) mass is 1250 g/mol. The number of nitrogens with zero attached hydrogens (tertiary/aromatic N) is 2. The average molecular weight is 1250 g/mol. The van der Waals surface area contributed by atoms with E-state index in [0.29, 0.717) is 25.8 Å². The van der Waals surface area contributed by atoms with Crippen molar-refractivity contribution in [3.63, 3.8) is 0 Å². The van der Waals surface area contributed by atoms with E-state index in [2.05, 4.69) is 20.6 Å². The molecule has 476 valence electrons. The quantitative estimate of drug-likeness (QED) is 0.0103. The summed E-state index contributed by atoms with van der Waals surface area (Å²) in [5.74, 6) is -3.01. The van der Waals surface area contributed by atoms with Crippen LogP contribution in [0.3, 0.4) is 0 Å². The zero-order chi connectivity index (χ0) is 61.0. The van der Waals surface area contributed by atoms with Crippen LogP contribution in [0.25, 0.3) is 0 Å². The maximum Gasteiger partial charge on any atom is 0.408 e. The molecule has 0 aromatic heterocycles. The van der Waals surface area contributed by atoms with Crippen LogP contribution in [0, 0.1) is 33.6 Å². The molecule has 0 saturated heterocycles. The van der Waals surface area contributed by atoms with Gasteiger partial charge in [0, 0.05) is 19.5 Å². The van der Waals surface area contributed by atoms with Crippen LogP contribution in [0.5, 0.6) is 11.5 Å². The van der Waals surface area contributed by atoms with Gasteiger partial charge in [-0.05, 0) is 177 Å². The van der Waals surface area contributed by atoms with Crippen molar-refractivity contribution >= 4 is 85.0 Å². The molecule has 0 saturated carbocycles. The van der Waals surface area contributed by atoms with Crippen molar-refractivity contribution in [1.29, 1.82) is 0 Å². The summed E-state index contributed by atoms with van der Waals surface area (Å²) in [7, 11) is 0. The fraction of sp³-hybridized carbons (Fsp3) is 0.467. The van der Waals surface area contributed by atoms with E-state index in [4.69, 9.17) is 52.7 Å². The number of aromatic hydroxyl groups is 2. The lowest BCUT2D eigenvalue weighted by molar-refractivity contribution is -0.151. The molecule has 0 aliphatic rings. The molecule has 4 rings (SSSR count). The van der Waals surface area contributed by atoms with E-state index in [9.17, 15) is 39.0 Å². The van der Waals surface area contributed by atoms with Crippen molar-refractivity contribution in [3.8, 4) is 11.5 Å². The molecule has 85 heavy (non-hydrogen) atoms. The van der Waals surface area contributed by atoms with Crippen molar-refractivity contribution < 1.29 is 63.0 Å². The number of carboxylic acid groups (broad SMARTS) is 1. The SMILES string of the molecule is C.CC(C)(C)OC(=O)N[C@H](CCCN=C(N)N)C(=O)O.Cc1cc(O)cc(C)c1C[C@H](CC(=O)[C@@H](CCCN=C(N)N)NC(=O)OC(C)(C)C)C(=O)OCc1ccccc1.Cc1cc(O)cc(C)c1C[C@H](N)C(=O)OCc1ccccc1.Cl.Cl.Cl. The summed E-state index contributed by atoms with van der Waals surface area (Å²) in [6.07, 6.45) is 0.270. The second kappa shape index (κ2) is 40.7. The first-order valence-corrected chi connectivity index (χ1v) is 26.4. The van der Waals surface area contributed by atoms with Gasteiger partial charge in [-0.2, -0.15) is 0 Å². The molecule has 0 aliphatic heterocycles. The van der Waals surface area contributed by atoms with E-state index in [-0.39, 0.29) is 119 Å². The number of aliphatic imine (C=N–C) groups is 2. The molecular formula is C60H92Cl3N9O13. The highest BCUT2D eigenvalue weighted by Crippen LogP contribution is 2.27. The number of aliphatic carboxylic acids is 1. The number of ketones is 1. The number of carbonyl (C=O) groups is 6. The molecule has 22 nitrogen and oxygen atoms in total. The number of alkyl carbamates (subject to hydrolysis) is 2. The Bertz CT molecular complexity index is 2710. The molecule has 0 spiro atoms. The molecular weight excluding hydrogens is 1160 g/mol. The molecule has 0 radical (unpaired) electrons. The number of carbonyl (C=O) groups excluding carboxylic acids is 5.